The zero-order valence-corrected chi connectivity index (χ0v) is 14.5. The Hall–Kier alpha value is -2.73. The van der Waals surface area contributed by atoms with Crippen molar-refractivity contribution < 1.29 is 24.2 Å². The maximum absolute atomic E-state index is 13.2. The number of aliphatic carboxylic acids is 1. The molecule has 0 saturated heterocycles. The number of carboxylic acids is 1. The lowest BCUT2D eigenvalue weighted by molar-refractivity contribution is -0.144. The minimum Gasteiger partial charge on any atom is -0.481 e. The number of hydrogen-bond donors (Lipinski definition) is 3. The summed E-state index contributed by atoms with van der Waals surface area (Å²) in [7, 11) is 0. The Morgan fingerprint density at radius 3 is 2.42 bits per heavy atom. The van der Waals surface area contributed by atoms with Gasteiger partial charge >= 0.3 is 5.97 Å². The van der Waals surface area contributed by atoms with Crippen molar-refractivity contribution in [2.45, 2.75) is 31.3 Å². The minimum absolute atomic E-state index is 0.0997. The van der Waals surface area contributed by atoms with E-state index in [4.69, 9.17) is 0 Å². The molecule has 0 aliphatic rings. The van der Waals surface area contributed by atoms with Gasteiger partial charge in [0.05, 0.1) is 12.5 Å². The third kappa shape index (κ3) is 4.46. The van der Waals surface area contributed by atoms with Gasteiger partial charge in [-0.2, -0.15) is 0 Å². The van der Waals surface area contributed by atoms with Gasteiger partial charge in [-0.3, -0.25) is 9.59 Å². The molecule has 5 nitrogen and oxygen atoms in total. The van der Waals surface area contributed by atoms with Gasteiger partial charge in [0.1, 0.15) is 11.2 Å². The number of hydrogen-bond acceptors (Lipinski definition) is 3. The zero-order chi connectivity index (χ0) is 19.2. The Bertz CT molecular complexity index is 765. The second-order valence-corrected chi connectivity index (χ2v) is 6.16. The fourth-order valence-electron chi connectivity index (χ4n) is 2.87. The largest absolute Gasteiger partial charge is 0.481 e. The van der Waals surface area contributed by atoms with Gasteiger partial charge < -0.3 is 15.5 Å². The van der Waals surface area contributed by atoms with E-state index in [0.29, 0.717) is 17.5 Å². The molecule has 2 unspecified atom stereocenters. The van der Waals surface area contributed by atoms with E-state index >= 15 is 0 Å². The first-order valence-corrected chi connectivity index (χ1v) is 8.38. The van der Waals surface area contributed by atoms with Gasteiger partial charge in [0.15, 0.2) is 0 Å². The normalized spacial score (nSPS) is 14.3. The lowest BCUT2D eigenvalue weighted by Crippen LogP contribution is -2.46. The minimum atomic E-state index is -1.25. The molecule has 3 N–H and O–H groups in total. The first-order chi connectivity index (χ1) is 12.4. The third-order valence-electron chi connectivity index (χ3n) is 4.54. The van der Waals surface area contributed by atoms with Crippen molar-refractivity contribution in [3.05, 3.63) is 71.5 Å². The molecule has 0 bridgehead atoms. The highest BCUT2D eigenvalue weighted by Crippen LogP contribution is 2.28. The van der Waals surface area contributed by atoms with Crippen LogP contribution in [0.1, 0.15) is 37.0 Å². The number of halogens is 1. The lowest BCUT2D eigenvalue weighted by atomic mass is 9.78. The molecular formula is C20H22FNO4. The van der Waals surface area contributed by atoms with E-state index in [2.05, 4.69) is 5.32 Å². The summed E-state index contributed by atoms with van der Waals surface area (Å²) in [4.78, 5) is 24.1. The predicted octanol–water partition coefficient (Wildman–Crippen LogP) is 2.80. The Balaban J connectivity index is 2.06. The van der Waals surface area contributed by atoms with Gasteiger partial charge in [0.25, 0.3) is 0 Å². The van der Waals surface area contributed by atoms with Gasteiger partial charge in [-0.15, -0.1) is 0 Å². The first kappa shape index (κ1) is 19.6. The smallest absolute Gasteiger partial charge is 0.315 e. The Morgan fingerprint density at radius 2 is 1.85 bits per heavy atom. The van der Waals surface area contributed by atoms with Crippen LogP contribution in [0.15, 0.2) is 54.6 Å². The summed E-state index contributed by atoms with van der Waals surface area (Å²) in [6.07, 6.45) is -1.15. The number of amides is 1. The molecule has 2 aromatic rings. The molecule has 2 atom stereocenters. The van der Waals surface area contributed by atoms with E-state index < -0.39 is 29.2 Å². The molecule has 0 radical (unpaired) electrons. The van der Waals surface area contributed by atoms with Crippen LogP contribution >= 0.6 is 0 Å². The maximum Gasteiger partial charge on any atom is 0.315 e. The zero-order valence-electron chi connectivity index (χ0n) is 14.5. The molecule has 2 rings (SSSR count). The topological polar surface area (TPSA) is 86.6 Å². The van der Waals surface area contributed by atoms with Crippen molar-refractivity contribution in [3.8, 4) is 0 Å². The van der Waals surface area contributed by atoms with Crippen LogP contribution in [0.3, 0.4) is 0 Å². The summed E-state index contributed by atoms with van der Waals surface area (Å²) < 4.78 is 13.2. The number of carbonyl (C=O) groups excluding carboxylic acids is 1. The number of carboxylic acid groups (broad SMARTS) is 1. The Morgan fingerprint density at radius 1 is 1.15 bits per heavy atom. The third-order valence-corrected chi connectivity index (χ3v) is 4.54. The molecular weight excluding hydrogens is 337 g/mol. The second kappa shape index (κ2) is 8.58. The quantitative estimate of drug-likeness (QED) is 0.676. The molecule has 2 aromatic carbocycles. The average molecular weight is 359 g/mol. The van der Waals surface area contributed by atoms with Crippen LogP contribution < -0.4 is 5.32 Å². The summed E-state index contributed by atoms with van der Waals surface area (Å²) in [6.45, 7) is 1.65. The monoisotopic (exact) mass is 359 g/mol. The number of aliphatic hydroxyl groups is 1. The summed E-state index contributed by atoms with van der Waals surface area (Å²) in [6, 6.07) is 14.1. The molecule has 0 heterocycles. The first-order valence-electron chi connectivity index (χ1n) is 8.38. The summed E-state index contributed by atoms with van der Waals surface area (Å²) in [5.74, 6) is -2.03. The van der Waals surface area contributed by atoms with Crippen molar-refractivity contribution in [1.29, 1.82) is 0 Å². The number of rotatable bonds is 8. The van der Waals surface area contributed by atoms with Crippen LogP contribution in [0.4, 0.5) is 4.39 Å². The molecule has 6 heteroatoms. The predicted molar refractivity (Wildman–Crippen MR) is 95.0 cm³/mol. The highest BCUT2D eigenvalue weighted by atomic mass is 19.1. The summed E-state index contributed by atoms with van der Waals surface area (Å²) in [5.41, 5.74) is -0.357. The van der Waals surface area contributed by atoms with Crippen molar-refractivity contribution in [2.24, 2.45) is 0 Å². The van der Waals surface area contributed by atoms with Gasteiger partial charge in [-0.05, 0) is 29.7 Å². The SMILES string of the molecule is CCC(CNC(=O)CC(O)c1cccc(F)c1)(C(=O)O)c1ccccc1. The van der Waals surface area contributed by atoms with Crippen LogP contribution in [-0.2, 0) is 15.0 Å². The molecule has 0 aliphatic carbocycles. The van der Waals surface area contributed by atoms with Crippen molar-refractivity contribution >= 4 is 11.9 Å². The average Bonchev–Trinajstić information content (AvgIpc) is 2.63. The molecule has 138 valence electrons. The molecule has 1 amide bonds. The van der Waals surface area contributed by atoms with Crippen LogP contribution in [0.2, 0.25) is 0 Å². The van der Waals surface area contributed by atoms with E-state index in [1.165, 1.54) is 18.2 Å². The summed E-state index contributed by atoms with van der Waals surface area (Å²) in [5, 5.41) is 22.4. The van der Waals surface area contributed by atoms with Crippen molar-refractivity contribution in [3.63, 3.8) is 0 Å². The number of nitrogens with one attached hydrogen (secondary N) is 1. The highest BCUT2D eigenvalue weighted by Gasteiger charge is 2.39. The fourth-order valence-corrected chi connectivity index (χ4v) is 2.87. The van der Waals surface area contributed by atoms with Crippen LogP contribution in [0, 0.1) is 5.82 Å². The molecule has 0 saturated carbocycles. The van der Waals surface area contributed by atoms with Crippen molar-refractivity contribution in [2.75, 3.05) is 6.54 Å². The van der Waals surface area contributed by atoms with Gasteiger partial charge in [0.2, 0.25) is 5.91 Å². The fraction of sp³-hybridized carbons (Fsp3) is 0.300. The maximum atomic E-state index is 13.2. The van der Waals surface area contributed by atoms with Gasteiger partial charge in [-0.1, -0.05) is 49.4 Å². The molecule has 0 aliphatic heterocycles. The number of benzene rings is 2. The van der Waals surface area contributed by atoms with Crippen LogP contribution in [-0.4, -0.2) is 28.6 Å². The van der Waals surface area contributed by atoms with Gasteiger partial charge in [0, 0.05) is 6.54 Å². The molecule has 26 heavy (non-hydrogen) atoms. The lowest BCUT2D eigenvalue weighted by Gasteiger charge is -2.29. The van der Waals surface area contributed by atoms with E-state index in [1.807, 2.05) is 0 Å². The Kier molecular flexibility index (Phi) is 6.46. The molecule has 0 aromatic heterocycles. The second-order valence-electron chi connectivity index (χ2n) is 6.16. The van der Waals surface area contributed by atoms with E-state index in [1.54, 1.807) is 37.3 Å². The van der Waals surface area contributed by atoms with Crippen LogP contribution in [0.25, 0.3) is 0 Å². The molecule has 0 fully saturated rings. The van der Waals surface area contributed by atoms with Gasteiger partial charge in [-0.25, -0.2) is 4.39 Å². The van der Waals surface area contributed by atoms with E-state index in [9.17, 15) is 24.2 Å². The number of carbonyl (C=O) groups is 2. The summed E-state index contributed by atoms with van der Waals surface area (Å²) >= 11 is 0. The molecule has 0 spiro atoms. The number of aliphatic hydroxyl groups excluding tert-OH is 1. The Labute approximate surface area is 151 Å². The van der Waals surface area contributed by atoms with Crippen molar-refractivity contribution in [1.82, 2.24) is 5.32 Å². The van der Waals surface area contributed by atoms with E-state index in [-0.39, 0.29) is 13.0 Å². The highest BCUT2D eigenvalue weighted by molar-refractivity contribution is 5.83. The standard InChI is InChI=1S/C20H22FNO4/c1-2-20(19(25)26,15-8-4-3-5-9-15)13-22-18(24)12-17(23)14-7-6-10-16(21)11-14/h3-11,17,23H,2,12-13H2,1H3,(H,22,24)(H,25,26). The van der Waals surface area contributed by atoms with Crippen LogP contribution in [0.5, 0.6) is 0 Å². The van der Waals surface area contributed by atoms with E-state index in [0.717, 1.165) is 6.07 Å².